The average Bonchev–Trinajstić information content (AvgIpc) is 2.94. The van der Waals surface area contributed by atoms with Gasteiger partial charge in [-0.25, -0.2) is 0 Å². The number of nitrogens with one attached hydrogen (secondary N) is 2. The first-order chi connectivity index (χ1) is 9.70. The minimum absolute atomic E-state index is 0.188. The maximum absolute atomic E-state index is 12.1. The lowest BCUT2D eigenvalue weighted by atomic mass is 10.1. The summed E-state index contributed by atoms with van der Waals surface area (Å²) in [6, 6.07) is 5.18. The molecule has 0 unspecified atom stereocenters. The third-order valence-corrected chi connectivity index (χ3v) is 2.87. The molecule has 0 aliphatic heterocycles. The van der Waals surface area contributed by atoms with E-state index in [1.807, 2.05) is 6.92 Å². The molecule has 0 aliphatic carbocycles. The van der Waals surface area contributed by atoms with Gasteiger partial charge in [-0.2, -0.15) is 4.98 Å². The van der Waals surface area contributed by atoms with Gasteiger partial charge in [0.25, 0.3) is 5.91 Å². The van der Waals surface area contributed by atoms with Crippen LogP contribution >= 0.6 is 11.6 Å². The number of rotatable bonds is 6. The van der Waals surface area contributed by atoms with Gasteiger partial charge in [0.1, 0.15) is 0 Å². The first kappa shape index (κ1) is 14.3. The van der Waals surface area contributed by atoms with Gasteiger partial charge in [-0.05, 0) is 25.1 Å². The van der Waals surface area contributed by atoms with Gasteiger partial charge < -0.3 is 15.2 Å². The summed E-state index contributed by atoms with van der Waals surface area (Å²) in [5.41, 5.74) is 1.28. The summed E-state index contributed by atoms with van der Waals surface area (Å²) >= 11 is 5.94. The zero-order chi connectivity index (χ0) is 14.4. The summed E-state index contributed by atoms with van der Waals surface area (Å²) in [4.78, 5) is 16.0. The van der Waals surface area contributed by atoms with E-state index in [4.69, 9.17) is 11.6 Å². The molecule has 0 saturated heterocycles. The van der Waals surface area contributed by atoms with Crippen molar-refractivity contribution in [2.24, 2.45) is 0 Å². The Morgan fingerprint density at radius 1 is 1.45 bits per heavy atom. The van der Waals surface area contributed by atoms with Crippen LogP contribution in [0.15, 0.2) is 29.1 Å². The van der Waals surface area contributed by atoms with Crippen molar-refractivity contribution in [3.05, 3.63) is 41.0 Å². The molecule has 106 valence electrons. The smallest absolute Gasteiger partial charge is 0.253 e. The minimum Gasteiger partial charge on any atom is -0.385 e. The lowest BCUT2D eigenvalue weighted by Crippen LogP contribution is -2.26. The quantitative estimate of drug-likeness (QED) is 0.853. The summed E-state index contributed by atoms with van der Waals surface area (Å²) in [6.45, 7) is 3.12. The highest BCUT2D eigenvalue weighted by Gasteiger charge is 2.11. The number of amides is 1. The number of hydrogen-bond acceptors (Lipinski definition) is 5. The summed E-state index contributed by atoms with van der Waals surface area (Å²) in [5.74, 6) is 0.371. The molecule has 1 aromatic heterocycles. The van der Waals surface area contributed by atoms with E-state index in [-0.39, 0.29) is 5.91 Å². The van der Waals surface area contributed by atoms with Crippen LogP contribution < -0.4 is 10.6 Å². The van der Waals surface area contributed by atoms with Gasteiger partial charge in [0, 0.05) is 30.2 Å². The van der Waals surface area contributed by atoms with E-state index in [0.717, 1.165) is 12.2 Å². The highest BCUT2D eigenvalue weighted by Crippen LogP contribution is 2.20. The van der Waals surface area contributed by atoms with E-state index in [2.05, 4.69) is 25.3 Å². The number of anilines is 1. The van der Waals surface area contributed by atoms with Crippen LogP contribution in [0, 0.1) is 0 Å². The Morgan fingerprint density at radius 3 is 3.00 bits per heavy atom. The van der Waals surface area contributed by atoms with E-state index >= 15 is 0 Å². The molecular weight excluding hydrogens is 280 g/mol. The molecule has 0 radical (unpaired) electrons. The number of nitrogens with zero attached hydrogens (tertiary/aromatic N) is 2. The van der Waals surface area contributed by atoms with E-state index in [0.29, 0.717) is 29.4 Å². The van der Waals surface area contributed by atoms with Crippen molar-refractivity contribution < 1.29 is 9.32 Å². The van der Waals surface area contributed by atoms with Crippen LogP contribution in [0.3, 0.4) is 0 Å². The summed E-state index contributed by atoms with van der Waals surface area (Å²) < 4.78 is 4.62. The van der Waals surface area contributed by atoms with Crippen molar-refractivity contribution >= 4 is 23.2 Å². The van der Waals surface area contributed by atoms with Gasteiger partial charge in [0.2, 0.25) is 6.39 Å². The lowest BCUT2D eigenvalue weighted by Gasteiger charge is -2.11. The molecule has 1 aromatic carbocycles. The Kier molecular flexibility index (Phi) is 4.95. The molecule has 6 nitrogen and oxygen atoms in total. The predicted molar refractivity (Wildman–Crippen MR) is 76.0 cm³/mol. The zero-order valence-electron chi connectivity index (χ0n) is 11.0. The van der Waals surface area contributed by atoms with E-state index in [1.165, 1.54) is 6.39 Å². The fraction of sp³-hybridized carbons (Fsp3) is 0.308. The van der Waals surface area contributed by atoms with Gasteiger partial charge in [0.15, 0.2) is 5.82 Å². The first-order valence-electron chi connectivity index (χ1n) is 6.27. The van der Waals surface area contributed by atoms with Crippen LogP contribution in [0.2, 0.25) is 5.02 Å². The Bertz CT molecular complexity index is 572. The molecule has 0 spiro atoms. The number of carbonyl (C=O) groups excluding carboxylic acids is 1. The monoisotopic (exact) mass is 294 g/mol. The second kappa shape index (κ2) is 6.91. The topological polar surface area (TPSA) is 80.0 Å². The molecule has 20 heavy (non-hydrogen) atoms. The number of benzene rings is 1. The number of hydrogen-bond donors (Lipinski definition) is 2. The maximum atomic E-state index is 12.1. The Hall–Kier alpha value is -2.08. The highest BCUT2D eigenvalue weighted by atomic mass is 35.5. The lowest BCUT2D eigenvalue weighted by molar-refractivity contribution is 0.0954. The zero-order valence-corrected chi connectivity index (χ0v) is 11.8. The van der Waals surface area contributed by atoms with Crippen LogP contribution in [0.1, 0.15) is 23.1 Å². The molecular formula is C13H15ClN4O2. The minimum atomic E-state index is -0.188. The van der Waals surface area contributed by atoms with Crippen molar-refractivity contribution in [2.45, 2.75) is 13.3 Å². The molecule has 2 N–H and O–H groups in total. The summed E-state index contributed by atoms with van der Waals surface area (Å²) in [7, 11) is 0. The molecule has 0 saturated carbocycles. The molecule has 1 amide bonds. The highest BCUT2D eigenvalue weighted by molar-refractivity contribution is 6.31. The third kappa shape index (κ3) is 3.71. The van der Waals surface area contributed by atoms with E-state index < -0.39 is 0 Å². The predicted octanol–water partition coefficient (Wildman–Crippen LogP) is 2.13. The standard InChI is InChI=1S/C13H15ClN4O2/c1-2-15-11-4-3-9(14)7-10(11)13(19)16-6-5-12-17-8-20-18-12/h3-4,7-8,15H,2,5-6H2,1H3,(H,16,19). The van der Waals surface area contributed by atoms with Crippen LogP contribution in [0.5, 0.6) is 0 Å². The molecule has 0 aliphatic rings. The Morgan fingerprint density at radius 2 is 2.30 bits per heavy atom. The van der Waals surface area contributed by atoms with Crippen LogP contribution in [0.25, 0.3) is 0 Å². The SMILES string of the molecule is CCNc1ccc(Cl)cc1C(=O)NCCc1ncon1. The van der Waals surface area contributed by atoms with Gasteiger partial charge in [-0.1, -0.05) is 16.8 Å². The second-order valence-electron chi connectivity index (χ2n) is 4.07. The van der Waals surface area contributed by atoms with Gasteiger partial charge in [0.05, 0.1) is 5.56 Å². The van der Waals surface area contributed by atoms with Crippen LogP contribution in [0.4, 0.5) is 5.69 Å². The summed E-state index contributed by atoms with van der Waals surface area (Å²) in [6.07, 6.45) is 1.77. The van der Waals surface area contributed by atoms with Crippen molar-refractivity contribution in [2.75, 3.05) is 18.4 Å². The van der Waals surface area contributed by atoms with Crippen LogP contribution in [-0.2, 0) is 6.42 Å². The number of halogens is 1. The average molecular weight is 295 g/mol. The van der Waals surface area contributed by atoms with E-state index in [9.17, 15) is 4.79 Å². The van der Waals surface area contributed by atoms with Crippen molar-refractivity contribution in [1.82, 2.24) is 15.5 Å². The van der Waals surface area contributed by atoms with Gasteiger partial charge in [-0.3, -0.25) is 4.79 Å². The number of aromatic nitrogens is 2. The van der Waals surface area contributed by atoms with Gasteiger partial charge >= 0.3 is 0 Å². The number of carbonyl (C=O) groups is 1. The molecule has 7 heteroatoms. The van der Waals surface area contributed by atoms with Gasteiger partial charge in [-0.15, -0.1) is 0 Å². The fourth-order valence-corrected chi connectivity index (χ4v) is 1.91. The molecule has 0 fully saturated rings. The Balaban J connectivity index is 1.99. The molecule has 0 atom stereocenters. The maximum Gasteiger partial charge on any atom is 0.253 e. The third-order valence-electron chi connectivity index (χ3n) is 2.63. The fourth-order valence-electron chi connectivity index (χ4n) is 1.73. The molecule has 0 bridgehead atoms. The normalized spacial score (nSPS) is 10.3. The molecule has 2 aromatic rings. The summed E-state index contributed by atoms with van der Waals surface area (Å²) in [5, 5.41) is 10.1. The second-order valence-corrected chi connectivity index (χ2v) is 4.51. The van der Waals surface area contributed by atoms with E-state index in [1.54, 1.807) is 18.2 Å². The van der Waals surface area contributed by atoms with Crippen molar-refractivity contribution in [1.29, 1.82) is 0 Å². The largest absolute Gasteiger partial charge is 0.385 e. The molecule has 1 heterocycles. The van der Waals surface area contributed by atoms with Crippen LogP contribution in [-0.4, -0.2) is 29.1 Å². The van der Waals surface area contributed by atoms with Crippen molar-refractivity contribution in [3.8, 4) is 0 Å². The Labute approximate surface area is 121 Å². The van der Waals surface area contributed by atoms with Crippen molar-refractivity contribution in [3.63, 3.8) is 0 Å². The first-order valence-corrected chi connectivity index (χ1v) is 6.65. The molecule has 2 rings (SSSR count).